The second-order valence-corrected chi connectivity index (χ2v) is 13.0. The fourth-order valence-corrected chi connectivity index (χ4v) is 4.97. The van der Waals surface area contributed by atoms with Crippen molar-refractivity contribution in [1.82, 2.24) is 10.6 Å². The van der Waals surface area contributed by atoms with Crippen molar-refractivity contribution in [2.45, 2.75) is 148 Å². The van der Waals surface area contributed by atoms with Crippen molar-refractivity contribution in [1.29, 1.82) is 0 Å². The molecule has 0 heterocycles. The third-order valence-corrected chi connectivity index (χ3v) is 8.03. The fraction of sp³-hybridized carbons (Fsp3) is 0.556. The Hall–Kier alpha value is -4.24. The average Bonchev–Trinajstić information content (AvgIpc) is 3.15. The number of nitrogens with one attached hydrogen (secondary N) is 2. The van der Waals surface area contributed by atoms with E-state index in [1.165, 1.54) is 0 Å². The summed E-state index contributed by atoms with van der Waals surface area (Å²) in [5.74, 6) is -2.50. The minimum Gasteiger partial charge on any atom is -0.480 e. The molecule has 0 rings (SSSR count). The number of aliphatic hydroxyl groups is 1. The zero-order valence-electron chi connectivity index (χ0n) is 33.2. The summed E-state index contributed by atoms with van der Waals surface area (Å²) in [6, 6.07) is -1.40. The van der Waals surface area contributed by atoms with Crippen molar-refractivity contribution < 1.29 is 34.1 Å². The molecule has 0 bridgehead atoms. The van der Waals surface area contributed by atoms with Gasteiger partial charge in [-0.05, 0) is 96.0 Å². The summed E-state index contributed by atoms with van der Waals surface area (Å²) < 4.78 is 5.83. The Morgan fingerprint density at radius 2 is 1.11 bits per heavy atom. The fourth-order valence-electron chi connectivity index (χ4n) is 4.97. The molecule has 0 aromatic rings. The number of allylic oxidation sites excluding steroid dienone is 15. The summed E-state index contributed by atoms with van der Waals surface area (Å²) >= 11 is 0. The van der Waals surface area contributed by atoms with Crippen molar-refractivity contribution in [2.75, 3.05) is 13.2 Å². The number of carbonyl (C=O) groups is 4. The number of carboxylic acid groups (broad SMARTS) is 1. The predicted molar refractivity (Wildman–Crippen MR) is 222 cm³/mol. The van der Waals surface area contributed by atoms with Gasteiger partial charge in [0.1, 0.15) is 12.1 Å². The first-order valence-corrected chi connectivity index (χ1v) is 20.1. The number of esters is 1. The first-order valence-electron chi connectivity index (χ1n) is 20.1. The number of ether oxygens (including phenoxy) is 1. The lowest BCUT2D eigenvalue weighted by Gasteiger charge is -2.14. The van der Waals surface area contributed by atoms with Gasteiger partial charge in [0, 0.05) is 12.8 Å². The van der Waals surface area contributed by atoms with E-state index in [2.05, 4.69) is 110 Å². The van der Waals surface area contributed by atoms with E-state index in [-0.39, 0.29) is 30.9 Å². The van der Waals surface area contributed by atoms with Crippen LogP contribution < -0.4 is 10.6 Å². The lowest BCUT2D eigenvalue weighted by atomic mass is 10.1. The Bertz CT molecular complexity index is 1230. The number of amides is 2. The van der Waals surface area contributed by atoms with Gasteiger partial charge >= 0.3 is 11.9 Å². The molecule has 54 heavy (non-hydrogen) atoms. The van der Waals surface area contributed by atoms with Crippen LogP contribution >= 0.6 is 0 Å². The summed E-state index contributed by atoms with van der Waals surface area (Å²) in [5.41, 5.74) is 0. The molecule has 9 heteroatoms. The summed E-state index contributed by atoms with van der Waals surface area (Å²) in [6.45, 7) is 3.21. The van der Waals surface area contributed by atoms with Gasteiger partial charge in [0.15, 0.2) is 0 Å². The van der Waals surface area contributed by atoms with Crippen LogP contribution in [0.25, 0.3) is 0 Å². The Morgan fingerprint density at radius 3 is 1.67 bits per heavy atom. The van der Waals surface area contributed by atoms with Gasteiger partial charge in [-0.25, -0.2) is 4.79 Å². The maximum absolute atomic E-state index is 12.6. The van der Waals surface area contributed by atoms with Gasteiger partial charge in [0.05, 0.1) is 13.2 Å². The smallest absolute Gasteiger partial charge is 0.328 e. The first-order chi connectivity index (χ1) is 26.3. The highest BCUT2D eigenvalue weighted by atomic mass is 16.5. The minimum absolute atomic E-state index is 0.177. The quantitative estimate of drug-likeness (QED) is 0.0292. The van der Waals surface area contributed by atoms with Crippen LogP contribution in [0.4, 0.5) is 0 Å². The maximum Gasteiger partial charge on any atom is 0.328 e. The van der Waals surface area contributed by atoms with Crippen molar-refractivity contribution in [3.63, 3.8) is 0 Å². The second kappa shape index (κ2) is 38.5. The number of aliphatic carboxylic acids is 1. The normalized spacial score (nSPS) is 13.5. The summed E-state index contributed by atoms with van der Waals surface area (Å²) in [7, 11) is 0. The molecule has 302 valence electrons. The standard InChI is InChI=1S/C45H70N2O7/c1-3-5-7-9-11-12-13-14-15-16-17-18-19-20-21-22-23-24-25-27-33-37-44(51)54-40(34-30-26-10-8-6-4-2)35-31-28-29-32-36-42(49)46-38-43(50)47-41(39-48)45(52)53/h5,7-8,10-12,14-15,17-18,20-21,23-24,30,34,40-41,48H,3-4,6,9,13,16,19,22,25-29,31-33,35-39H2,1-2H3,(H,46,49)(H,47,50)(H,52,53)/b7-5-,10-8-,12-11-,15-14-,18-17-,21-20-,24-23-,34-30-. The number of aliphatic hydroxyl groups excluding tert-OH is 1. The van der Waals surface area contributed by atoms with Crippen LogP contribution in [0.1, 0.15) is 136 Å². The van der Waals surface area contributed by atoms with Gasteiger partial charge in [0.2, 0.25) is 11.8 Å². The Labute approximate surface area is 326 Å². The van der Waals surface area contributed by atoms with E-state index in [0.717, 1.165) is 96.3 Å². The van der Waals surface area contributed by atoms with E-state index < -0.39 is 24.5 Å². The average molecular weight is 751 g/mol. The van der Waals surface area contributed by atoms with E-state index in [4.69, 9.17) is 14.9 Å². The lowest BCUT2D eigenvalue weighted by Crippen LogP contribution is -2.47. The zero-order valence-corrected chi connectivity index (χ0v) is 33.2. The van der Waals surface area contributed by atoms with E-state index in [9.17, 15) is 19.2 Å². The molecule has 2 amide bonds. The summed E-state index contributed by atoms with van der Waals surface area (Å²) in [5, 5.41) is 22.5. The molecule has 0 radical (unpaired) electrons. The molecule has 0 fully saturated rings. The molecule has 0 aliphatic rings. The van der Waals surface area contributed by atoms with Crippen LogP contribution in [-0.4, -0.2) is 59.3 Å². The monoisotopic (exact) mass is 751 g/mol. The molecule has 0 saturated carbocycles. The first kappa shape index (κ1) is 49.8. The van der Waals surface area contributed by atoms with Crippen LogP contribution in [0, 0.1) is 0 Å². The van der Waals surface area contributed by atoms with Crippen LogP contribution in [0.3, 0.4) is 0 Å². The number of carbonyl (C=O) groups excluding carboxylic acids is 3. The third kappa shape index (κ3) is 34.8. The number of rotatable bonds is 34. The van der Waals surface area contributed by atoms with Crippen LogP contribution in [-0.2, 0) is 23.9 Å². The number of hydrogen-bond donors (Lipinski definition) is 4. The number of unbranched alkanes of at least 4 members (excludes halogenated alkanes) is 6. The van der Waals surface area contributed by atoms with Gasteiger partial charge < -0.3 is 25.6 Å². The lowest BCUT2D eigenvalue weighted by molar-refractivity contribution is -0.147. The summed E-state index contributed by atoms with van der Waals surface area (Å²) in [6.07, 6.45) is 50.4. The molecule has 0 aliphatic carbocycles. The van der Waals surface area contributed by atoms with E-state index in [1.54, 1.807) is 0 Å². The van der Waals surface area contributed by atoms with Gasteiger partial charge in [-0.3, -0.25) is 14.4 Å². The highest BCUT2D eigenvalue weighted by Gasteiger charge is 2.18. The predicted octanol–water partition coefficient (Wildman–Crippen LogP) is 9.48. The second-order valence-electron chi connectivity index (χ2n) is 13.0. The SMILES string of the molecule is CC/C=C\C/C=C\C/C=C\C/C=C\C/C=C\C/C=C\CCCCC(=O)OC(/C=C\C/C=C\CCC)CCCCCCC(=O)NCC(=O)NC(CO)C(=O)O. The number of carboxylic acids is 1. The minimum atomic E-state index is -1.40. The van der Waals surface area contributed by atoms with Crippen LogP contribution in [0.2, 0.25) is 0 Å². The Balaban J connectivity index is 4.28. The van der Waals surface area contributed by atoms with Crippen molar-refractivity contribution in [3.05, 3.63) is 97.2 Å². The van der Waals surface area contributed by atoms with Gasteiger partial charge in [-0.1, -0.05) is 124 Å². The zero-order chi connectivity index (χ0) is 39.7. The molecule has 0 aromatic carbocycles. The molecule has 2 atom stereocenters. The van der Waals surface area contributed by atoms with Crippen molar-refractivity contribution in [2.24, 2.45) is 0 Å². The molecule has 9 nitrogen and oxygen atoms in total. The Kier molecular flexibility index (Phi) is 35.5. The van der Waals surface area contributed by atoms with Crippen LogP contribution in [0.5, 0.6) is 0 Å². The van der Waals surface area contributed by atoms with Crippen LogP contribution in [0.15, 0.2) is 97.2 Å². The molecule has 0 aliphatic heterocycles. The van der Waals surface area contributed by atoms with Gasteiger partial charge in [-0.15, -0.1) is 0 Å². The third-order valence-electron chi connectivity index (χ3n) is 8.03. The van der Waals surface area contributed by atoms with E-state index in [0.29, 0.717) is 19.3 Å². The largest absolute Gasteiger partial charge is 0.480 e. The molecule has 0 spiro atoms. The molecule has 0 aromatic heterocycles. The molecule has 0 saturated heterocycles. The summed E-state index contributed by atoms with van der Waals surface area (Å²) in [4.78, 5) is 47.3. The maximum atomic E-state index is 12.6. The molecule has 4 N–H and O–H groups in total. The van der Waals surface area contributed by atoms with Crippen molar-refractivity contribution in [3.8, 4) is 0 Å². The highest BCUT2D eigenvalue weighted by molar-refractivity contribution is 5.87. The van der Waals surface area contributed by atoms with Gasteiger partial charge in [0.25, 0.3) is 0 Å². The molecular formula is C45H70N2O7. The molecule has 2 unspecified atom stereocenters. The van der Waals surface area contributed by atoms with E-state index in [1.807, 2.05) is 12.2 Å². The van der Waals surface area contributed by atoms with Crippen molar-refractivity contribution >= 4 is 23.8 Å². The Morgan fingerprint density at radius 1 is 0.593 bits per heavy atom. The molecular weight excluding hydrogens is 681 g/mol. The topological polar surface area (TPSA) is 142 Å². The number of hydrogen-bond acceptors (Lipinski definition) is 6. The van der Waals surface area contributed by atoms with Gasteiger partial charge in [-0.2, -0.15) is 0 Å². The van der Waals surface area contributed by atoms with E-state index >= 15 is 0 Å². The highest BCUT2D eigenvalue weighted by Crippen LogP contribution is 2.13.